The highest BCUT2D eigenvalue weighted by Gasteiger charge is 2.01. The average Bonchev–Trinajstić information content (AvgIpc) is 2.49. The Bertz CT molecular complexity index is 693. The topological polar surface area (TPSA) is 59.6 Å². The Hall–Kier alpha value is -2.49. The number of methoxy groups -OCH3 is 1. The van der Waals surface area contributed by atoms with E-state index in [0.717, 1.165) is 22.6 Å². The quantitative estimate of drug-likeness (QED) is 0.670. The lowest BCUT2D eigenvalue weighted by atomic mass is 10.1. The van der Waals surface area contributed by atoms with Gasteiger partial charge in [0.15, 0.2) is 5.96 Å². The number of hydrogen-bond donors (Lipinski definition) is 2. The van der Waals surface area contributed by atoms with Gasteiger partial charge in [-0.2, -0.15) is 0 Å². The third-order valence-corrected chi connectivity index (χ3v) is 3.67. The van der Waals surface area contributed by atoms with Crippen LogP contribution in [0, 0.1) is 20.8 Å². The van der Waals surface area contributed by atoms with E-state index in [1.807, 2.05) is 25.1 Å². The van der Waals surface area contributed by atoms with Crippen molar-refractivity contribution in [3.05, 3.63) is 58.7 Å². The Balaban J connectivity index is 2.03. The van der Waals surface area contributed by atoms with Crippen LogP contribution in [0.3, 0.4) is 0 Å². The van der Waals surface area contributed by atoms with Crippen LogP contribution in [-0.2, 0) is 6.54 Å². The molecule has 0 unspecified atom stereocenters. The number of aliphatic imine (C=N–C) groups is 1. The van der Waals surface area contributed by atoms with Crippen molar-refractivity contribution in [2.75, 3.05) is 12.4 Å². The summed E-state index contributed by atoms with van der Waals surface area (Å²) in [6, 6.07) is 12.1. The number of guanidine groups is 1. The number of hydrogen-bond acceptors (Lipinski definition) is 2. The molecule has 0 aliphatic heterocycles. The highest BCUT2D eigenvalue weighted by atomic mass is 16.5. The Morgan fingerprint density at radius 2 is 1.82 bits per heavy atom. The molecule has 0 heterocycles. The molecule has 116 valence electrons. The van der Waals surface area contributed by atoms with Crippen LogP contribution in [0.15, 0.2) is 41.4 Å². The summed E-state index contributed by atoms with van der Waals surface area (Å²) in [4.78, 5) is 4.38. The van der Waals surface area contributed by atoms with Gasteiger partial charge < -0.3 is 15.8 Å². The van der Waals surface area contributed by atoms with Crippen molar-refractivity contribution >= 4 is 11.6 Å². The third-order valence-electron chi connectivity index (χ3n) is 3.67. The molecule has 2 aromatic carbocycles. The summed E-state index contributed by atoms with van der Waals surface area (Å²) in [6.07, 6.45) is 0. The Labute approximate surface area is 132 Å². The van der Waals surface area contributed by atoms with Crippen LogP contribution in [0.1, 0.15) is 22.3 Å². The van der Waals surface area contributed by atoms with Crippen LogP contribution in [-0.4, -0.2) is 13.1 Å². The van der Waals surface area contributed by atoms with E-state index in [1.54, 1.807) is 7.11 Å². The number of nitrogens with one attached hydrogen (secondary N) is 1. The molecule has 0 bridgehead atoms. The Morgan fingerprint density at radius 3 is 2.45 bits per heavy atom. The minimum Gasteiger partial charge on any atom is -0.496 e. The van der Waals surface area contributed by atoms with E-state index >= 15 is 0 Å². The second-order valence-corrected chi connectivity index (χ2v) is 5.43. The number of benzene rings is 2. The number of nitrogens with zero attached hydrogens (tertiary/aromatic N) is 1. The van der Waals surface area contributed by atoms with Crippen molar-refractivity contribution < 1.29 is 4.74 Å². The number of anilines is 1. The molecule has 0 saturated carbocycles. The van der Waals surface area contributed by atoms with Crippen molar-refractivity contribution in [1.82, 2.24) is 0 Å². The first-order valence-electron chi connectivity index (χ1n) is 7.27. The molecule has 0 spiro atoms. The Morgan fingerprint density at radius 1 is 1.05 bits per heavy atom. The lowest BCUT2D eigenvalue weighted by molar-refractivity contribution is 0.411. The average molecular weight is 297 g/mol. The minimum absolute atomic E-state index is 0.414. The molecular formula is C18H23N3O. The molecule has 0 fully saturated rings. The van der Waals surface area contributed by atoms with Crippen molar-refractivity contribution in [3.63, 3.8) is 0 Å². The van der Waals surface area contributed by atoms with Gasteiger partial charge in [-0.05, 0) is 61.2 Å². The van der Waals surface area contributed by atoms with Crippen LogP contribution >= 0.6 is 0 Å². The van der Waals surface area contributed by atoms with Gasteiger partial charge in [0.1, 0.15) is 5.75 Å². The zero-order valence-corrected chi connectivity index (χ0v) is 13.6. The molecule has 0 atom stereocenters. The fourth-order valence-electron chi connectivity index (χ4n) is 2.22. The number of nitrogens with two attached hydrogens (primary N) is 1. The van der Waals surface area contributed by atoms with Gasteiger partial charge in [-0.3, -0.25) is 0 Å². The van der Waals surface area contributed by atoms with Gasteiger partial charge in [-0.1, -0.05) is 18.2 Å². The van der Waals surface area contributed by atoms with Gasteiger partial charge in [0.2, 0.25) is 0 Å². The van der Waals surface area contributed by atoms with Gasteiger partial charge in [0.25, 0.3) is 0 Å². The van der Waals surface area contributed by atoms with Gasteiger partial charge in [0, 0.05) is 5.69 Å². The fourth-order valence-corrected chi connectivity index (χ4v) is 2.22. The molecule has 0 aliphatic rings. The molecule has 22 heavy (non-hydrogen) atoms. The summed E-state index contributed by atoms with van der Waals surface area (Å²) in [7, 11) is 1.67. The zero-order valence-electron chi connectivity index (χ0n) is 13.6. The molecule has 0 aromatic heterocycles. The summed E-state index contributed by atoms with van der Waals surface area (Å²) in [5.74, 6) is 1.30. The maximum atomic E-state index is 5.95. The SMILES string of the molecule is COc1ccc(CN=C(N)Nc2ccc(C)c(C)c2)cc1C. The van der Waals surface area contributed by atoms with Gasteiger partial charge in [-0.15, -0.1) is 0 Å². The fraction of sp³-hybridized carbons (Fsp3) is 0.278. The van der Waals surface area contributed by atoms with Crippen molar-refractivity contribution in [3.8, 4) is 5.75 Å². The summed E-state index contributed by atoms with van der Waals surface area (Å²) >= 11 is 0. The molecule has 0 radical (unpaired) electrons. The van der Waals surface area contributed by atoms with E-state index in [4.69, 9.17) is 10.5 Å². The van der Waals surface area contributed by atoms with E-state index in [9.17, 15) is 0 Å². The largest absolute Gasteiger partial charge is 0.496 e. The first-order valence-corrected chi connectivity index (χ1v) is 7.27. The van der Waals surface area contributed by atoms with E-state index < -0.39 is 0 Å². The van der Waals surface area contributed by atoms with Crippen LogP contribution in [0.4, 0.5) is 5.69 Å². The molecule has 0 amide bonds. The van der Waals surface area contributed by atoms with E-state index in [-0.39, 0.29) is 0 Å². The summed E-state index contributed by atoms with van der Waals surface area (Å²) in [5.41, 5.74) is 11.6. The molecule has 4 nitrogen and oxygen atoms in total. The maximum Gasteiger partial charge on any atom is 0.193 e. The predicted octanol–water partition coefficient (Wildman–Crippen LogP) is 3.55. The Kier molecular flexibility index (Phi) is 5.04. The van der Waals surface area contributed by atoms with Crippen LogP contribution < -0.4 is 15.8 Å². The minimum atomic E-state index is 0.414. The van der Waals surface area contributed by atoms with Crippen LogP contribution in [0.25, 0.3) is 0 Å². The van der Waals surface area contributed by atoms with E-state index in [2.05, 4.69) is 42.4 Å². The second kappa shape index (κ2) is 6.98. The van der Waals surface area contributed by atoms with Gasteiger partial charge in [0.05, 0.1) is 13.7 Å². The molecule has 2 aromatic rings. The van der Waals surface area contributed by atoms with Crippen LogP contribution in [0.5, 0.6) is 5.75 Å². The van der Waals surface area contributed by atoms with Crippen molar-refractivity contribution in [2.24, 2.45) is 10.7 Å². The number of rotatable bonds is 4. The van der Waals surface area contributed by atoms with E-state index in [1.165, 1.54) is 11.1 Å². The monoisotopic (exact) mass is 297 g/mol. The third kappa shape index (κ3) is 4.01. The highest BCUT2D eigenvalue weighted by Crippen LogP contribution is 2.19. The summed E-state index contributed by atoms with van der Waals surface area (Å²) < 4.78 is 5.25. The zero-order chi connectivity index (χ0) is 16.1. The van der Waals surface area contributed by atoms with Crippen molar-refractivity contribution in [2.45, 2.75) is 27.3 Å². The smallest absolute Gasteiger partial charge is 0.193 e. The number of aryl methyl sites for hydroxylation is 3. The highest BCUT2D eigenvalue weighted by molar-refractivity contribution is 5.92. The maximum absolute atomic E-state index is 5.95. The molecule has 0 aliphatic carbocycles. The van der Waals surface area contributed by atoms with Crippen molar-refractivity contribution in [1.29, 1.82) is 0 Å². The summed E-state index contributed by atoms with van der Waals surface area (Å²) in [6.45, 7) is 6.72. The molecule has 0 saturated heterocycles. The standard InChI is InChI=1S/C18H23N3O/c1-12-5-7-16(10-13(12)2)21-18(19)20-11-15-6-8-17(22-4)14(3)9-15/h5-10H,11H2,1-4H3,(H3,19,20,21). The number of ether oxygens (including phenoxy) is 1. The normalized spacial score (nSPS) is 11.4. The lowest BCUT2D eigenvalue weighted by Gasteiger charge is -2.09. The molecule has 2 rings (SSSR count). The van der Waals surface area contributed by atoms with Gasteiger partial charge in [-0.25, -0.2) is 4.99 Å². The first kappa shape index (κ1) is 15.9. The molecular weight excluding hydrogens is 274 g/mol. The predicted molar refractivity (Wildman–Crippen MR) is 92.6 cm³/mol. The molecule has 4 heteroatoms. The second-order valence-electron chi connectivity index (χ2n) is 5.43. The van der Waals surface area contributed by atoms with Crippen LogP contribution in [0.2, 0.25) is 0 Å². The summed E-state index contributed by atoms with van der Waals surface area (Å²) in [5, 5.41) is 3.12. The van der Waals surface area contributed by atoms with Gasteiger partial charge >= 0.3 is 0 Å². The molecule has 3 N–H and O–H groups in total. The lowest BCUT2D eigenvalue weighted by Crippen LogP contribution is -2.22. The van der Waals surface area contributed by atoms with E-state index in [0.29, 0.717) is 12.5 Å². The first-order chi connectivity index (χ1) is 10.5.